The van der Waals surface area contributed by atoms with Gasteiger partial charge in [-0.05, 0) is 25.0 Å². The fraction of sp³-hybridized carbons (Fsp3) is 0.375. The molecule has 0 aliphatic heterocycles. The first-order valence-corrected chi connectivity index (χ1v) is 8.16. The van der Waals surface area contributed by atoms with Gasteiger partial charge in [0.05, 0.1) is 18.9 Å². The van der Waals surface area contributed by atoms with Crippen molar-refractivity contribution >= 4 is 11.8 Å². The molecule has 6 heteroatoms. The number of nitrogens with one attached hydrogen (secondary N) is 1. The lowest BCUT2D eigenvalue weighted by Crippen LogP contribution is -2.10. The lowest BCUT2D eigenvalue weighted by Gasteiger charge is -2.06. The quantitative estimate of drug-likeness (QED) is 0.437. The Bertz CT molecular complexity index is 616. The number of para-hydroxylation sites is 1. The van der Waals surface area contributed by atoms with Crippen molar-refractivity contribution in [3.8, 4) is 5.75 Å². The topological polar surface area (TPSA) is 64.2 Å². The highest BCUT2D eigenvalue weighted by Crippen LogP contribution is 2.14. The van der Waals surface area contributed by atoms with E-state index in [1.165, 1.54) is 6.07 Å². The number of nitrogens with zero attached hydrogens (tertiary/aromatic N) is 1. The number of hydrogen-bond acceptors (Lipinski definition) is 5. The molecule has 0 aliphatic rings. The Balaban J connectivity index is 1.67. The molecule has 2 aromatic rings. The minimum absolute atomic E-state index is 0.142. The molecule has 1 aromatic heterocycles. The van der Waals surface area contributed by atoms with Crippen LogP contribution in [0.3, 0.4) is 0 Å². The van der Waals surface area contributed by atoms with Crippen LogP contribution in [0.5, 0.6) is 5.75 Å². The van der Waals surface area contributed by atoms with Crippen LogP contribution in [0.1, 0.15) is 18.5 Å². The van der Waals surface area contributed by atoms with Gasteiger partial charge in [0.15, 0.2) is 5.16 Å². The van der Waals surface area contributed by atoms with Crippen molar-refractivity contribution in [2.24, 2.45) is 0 Å². The van der Waals surface area contributed by atoms with Crippen LogP contribution in [-0.4, -0.2) is 29.4 Å². The molecule has 0 fully saturated rings. The molecular formula is C16H20N2O3S. The Hall–Kier alpha value is -1.79. The summed E-state index contributed by atoms with van der Waals surface area (Å²) in [7, 11) is 1.59. The number of unbranched alkanes of at least 4 members (excludes halogenated alkanes) is 1. The number of aromatic amines is 1. The van der Waals surface area contributed by atoms with Crippen molar-refractivity contribution < 1.29 is 9.47 Å². The smallest absolute Gasteiger partial charge is 0.251 e. The molecule has 2 rings (SSSR count). The molecule has 0 spiro atoms. The van der Waals surface area contributed by atoms with Gasteiger partial charge < -0.3 is 14.5 Å². The van der Waals surface area contributed by atoms with E-state index in [2.05, 4.69) is 9.97 Å². The molecule has 0 atom stereocenters. The lowest BCUT2D eigenvalue weighted by atomic mass is 10.3. The normalized spacial score (nSPS) is 10.6. The third-order valence-electron chi connectivity index (χ3n) is 2.85. The number of benzene rings is 1. The van der Waals surface area contributed by atoms with E-state index in [-0.39, 0.29) is 5.56 Å². The molecule has 1 heterocycles. The maximum atomic E-state index is 11.5. The van der Waals surface area contributed by atoms with Crippen molar-refractivity contribution in [1.29, 1.82) is 0 Å². The monoisotopic (exact) mass is 320 g/mol. The van der Waals surface area contributed by atoms with E-state index in [9.17, 15) is 4.79 Å². The molecule has 0 unspecified atom stereocenters. The molecule has 0 saturated heterocycles. The Morgan fingerprint density at radius 1 is 1.23 bits per heavy atom. The van der Waals surface area contributed by atoms with Crippen molar-refractivity contribution in [2.75, 3.05) is 19.5 Å². The summed E-state index contributed by atoms with van der Waals surface area (Å²) in [6, 6.07) is 11.2. The maximum absolute atomic E-state index is 11.5. The standard InChI is InChI=1S/C16H20N2O3S/c1-20-12-13-11-15(19)18-16(17-13)22-10-6-5-9-21-14-7-3-2-4-8-14/h2-4,7-8,11H,5-6,9-10,12H2,1H3,(H,17,18,19). The maximum Gasteiger partial charge on any atom is 0.251 e. The Morgan fingerprint density at radius 2 is 2.05 bits per heavy atom. The minimum Gasteiger partial charge on any atom is -0.494 e. The summed E-state index contributed by atoms with van der Waals surface area (Å²) in [5.74, 6) is 1.78. The predicted octanol–water partition coefficient (Wildman–Crippen LogP) is 2.87. The third-order valence-corrected chi connectivity index (χ3v) is 3.81. The van der Waals surface area contributed by atoms with Crippen LogP contribution in [0.25, 0.3) is 0 Å². The highest BCUT2D eigenvalue weighted by Gasteiger charge is 2.02. The van der Waals surface area contributed by atoms with E-state index in [1.54, 1.807) is 18.9 Å². The Labute approximate surface area is 134 Å². The number of H-pyrrole nitrogens is 1. The van der Waals surface area contributed by atoms with E-state index in [0.717, 1.165) is 24.3 Å². The molecule has 22 heavy (non-hydrogen) atoms. The first kappa shape index (κ1) is 16.6. The first-order chi connectivity index (χ1) is 10.8. The summed E-state index contributed by atoms with van der Waals surface area (Å²) in [6.07, 6.45) is 1.96. The SMILES string of the molecule is COCc1cc(=O)[nH]c(SCCCCOc2ccccc2)n1. The molecule has 0 aliphatic carbocycles. The summed E-state index contributed by atoms with van der Waals surface area (Å²) < 4.78 is 10.6. The van der Waals surface area contributed by atoms with Gasteiger partial charge in [-0.1, -0.05) is 30.0 Å². The van der Waals surface area contributed by atoms with Crippen LogP contribution in [0, 0.1) is 0 Å². The van der Waals surface area contributed by atoms with Crippen LogP contribution in [0.15, 0.2) is 46.3 Å². The summed E-state index contributed by atoms with van der Waals surface area (Å²) in [5, 5.41) is 0.642. The van der Waals surface area contributed by atoms with E-state index >= 15 is 0 Å². The average molecular weight is 320 g/mol. The fourth-order valence-electron chi connectivity index (χ4n) is 1.85. The minimum atomic E-state index is -0.142. The van der Waals surface area contributed by atoms with Gasteiger partial charge in [-0.15, -0.1) is 0 Å². The van der Waals surface area contributed by atoms with Crippen molar-refractivity contribution in [3.05, 3.63) is 52.4 Å². The molecule has 5 nitrogen and oxygen atoms in total. The summed E-state index contributed by atoms with van der Waals surface area (Å²) in [5.41, 5.74) is 0.512. The van der Waals surface area contributed by atoms with Gasteiger partial charge in [0.1, 0.15) is 5.75 Å². The number of hydrogen-bond donors (Lipinski definition) is 1. The van der Waals surface area contributed by atoms with Crippen LogP contribution in [0.2, 0.25) is 0 Å². The van der Waals surface area contributed by atoms with Crippen molar-refractivity contribution in [2.45, 2.75) is 24.6 Å². The number of rotatable bonds is 9. The van der Waals surface area contributed by atoms with Crippen LogP contribution in [0.4, 0.5) is 0 Å². The van der Waals surface area contributed by atoms with Gasteiger partial charge in [0, 0.05) is 18.9 Å². The molecule has 0 bridgehead atoms. The van der Waals surface area contributed by atoms with Gasteiger partial charge in [-0.3, -0.25) is 4.79 Å². The average Bonchev–Trinajstić information content (AvgIpc) is 2.51. The van der Waals surface area contributed by atoms with Gasteiger partial charge in [0.25, 0.3) is 5.56 Å². The molecule has 0 saturated carbocycles. The van der Waals surface area contributed by atoms with Crippen molar-refractivity contribution in [1.82, 2.24) is 9.97 Å². The van der Waals surface area contributed by atoms with E-state index < -0.39 is 0 Å². The van der Waals surface area contributed by atoms with E-state index in [4.69, 9.17) is 9.47 Å². The predicted molar refractivity (Wildman–Crippen MR) is 87.5 cm³/mol. The molecule has 118 valence electrons. The van der Waals surface area contributed by atoms with Gasteiger partial charge >= 0.3 is 0 Å². The number of ether oxygens (including phenoxy) is 2. The van der Waals surface area contributed by atoms with Crippen LogP contribution < -0.4 is 10.3 Å². The summed E-state index contributed by atoms with van der Waals surface area (Å²) in [4.78, 5) is 18.6. The van der Waals surface area contributed by atoms with Crippen LogP contribution >= 0.6 is 11.8 Å². The Morgan fingerprint density at radius 3 is 2.82 bits per heavy atom. The molecular weight excluding hydrogens is 300 g/mol. The fourth-order valence-corrected chi connectivity index (χ4v) is 2.75. The zero-order valence-corrected chi connectivity index (χ0v) is 13.4. The first-order valence-electron chi connectivity index (χ1n) is 7.18. The summed E-state index contributed by atoms with van der Waals surface area (Å²) in [6.45, 7) is 1.04. The second-order valence-corrected chi connectivity index (χ2v) is 5.78. The van der Waals surface area contributed by atoms with Gasteiger partial charge in [-0.25, -0.2) is 4.98 Å². The second-order valence-electron chi connectivity index (χ2n) is 4.69. The number of methoxy groups -OCH3 is 1. The van der Waals surface area contributed by atoms with Crippen LogP contribution in [-0.2, 0) is 11.3 Å². The Kier molecular flexibility index (Phi) is 6.99. The van der Waals surface area contributed by atoms with Gasteiger partial charge in [0.2, 0.25) is 0 Å². The molecule has 1 N–H and O–H groups in total. The number of thioether (sulfide) groups is 1. The zero-order valence-electron chi connectivity index (χ0n) is 12.6. The summed E-state index contributed by atoms with van der Waals surface area (Å²) >= 11 is 1.54. The molecule has 0 radical (unpaired) electrons. The second kappa shape index (κ2) is 9.27. The van der Waals surface area contributed by atoms with Gasteiger partial charge in [-0.2, -0.15) is 0 Å². The van der Waals surface area contributed by atoms with E-state index in [0.29, 0.717) is 24.1 Å². The number of aromatic nitrogens is 2. The van der Waals surface area contributed by atoms with Crippen molar-refractivity contribution in [3.63, 3.8) is 0 Å². The lowest BCUT2D eigenvalue weighted by molar-refractivity contribution is 0.180. The molecule has 0 amide bonds. The van der Waals surface area contributed by atoms with E-state index in [1.807, 2.05) is 30.3 Å². The third kappa shape index (κ3) is 5.91. The highest BCUT2D eigenvalue weighted by molar-refractivity contribution is 7.99. The highest BCUT2D eigenvalue weighted by atomic mass is 32.2. The largest absolute Gasteiger partial charge is 0.494 e. The molecule has 1 aromatic carbocycles. The zero-order chi connectivity index (χ0) is 15.6.